The fourth-order valence-electron chi connectivity index (χ4n) is 2.17. The first-order valence-corrected chi connectivity index (χ1v) is 9.03. The van der Waals surface area contributed by atoms with Gasteiger partial charge < -0.3 is 5.32 Å². The van der Waals surface area contributed by atoms with E-state index in [-0.39, 0.29) is 4.90 Å². The van der Waals surface area contributed by atoms with Crippen LogP contribution in [0.4, 0.5) is 0 Å². The van der Waals surface area contributed by atoms with Gasteiger partial charge in [0.1, 0.15) is 4.90 Å². The number of hydrogen-bond donors (Lipinski definition) is 2. The zero-order chi connectivity index (χ0) is 15.5. The van der Waals surface area contributed by atoms with Crippen LogP contribution in [0.25, 0.3) is 0 Å². The molecule has 0 aromatic carbocycles. The Hall–Kier alpha value is -1.22. The number of aromatic amines is 1. The van der Waals surface area contributed by atoms with Crippen molar-refractivity contribution in [3.05, 3.63) is 33.8 Å². The van der Waals surface area contributed by atoms with E-state index in [4.69, 9.17) is 0 Å². The number of aryl methyl sites for hydroxylation is 1. The maximum absolute atomic E-state index is 12.9. The molecule has 0 radical (unpaired) electrons. The molecule has 2 rings (SSSR count). The number of rotatable bonds is 7. The average Bonchev–Trinajstić information content (AvgIpc) is 3.06. The molecule has 0 saturated heterocycles. The van der Waals surface area contributed by atoms with E-state index >= 15 is 0 Å². The van der Waals surface area contributed by atoms with E-state index in [1.54, 1.807) is 25.3 Å². The first-order chi connectivity index (χ1) is 10.0. The molecule has 0 unspecified atom stereocenters. The first kappa shape index (κ1) is 16.2. The van der Waals surface area contributed by atoms with Gasteiger partial charge in [-0.15, -0.1) is 11.3 Å². The Kier molecular flexibility index (Phi) is 5.15. The highest BCUT2D eigenvalue weighted by Gasteiger charge is 2.30. The molecule has 0 aliphatic heterocycles. The molecule has 2 heterocycles. The molecule has 21 heavy (non-hydrogen) atoms. The number of thiophene rings is 1. The average molecular weight is 328 g/mol. The molecular formula is C13H20N4O2S2. The lowest BCUT2D eigenvalue weighted by Gasteiger charge is -2.20. The fraction of sp³-hybridized carbons (Fsp3) is 0.462. The molecular weight excluding hydrogens is 308 g/mol. The van der Waals surface area contributed by atoms with Crippen molar-refractivity contribution in [1.29, 1.82) is 0 Å². The van der Waals surface area contributed by atoms with Gasteiger partial charge in [0, 0.05) is 24.5 Å². The van der Waals surface area contributed by atoms with E-state index < -0.39 is 10.0 Å². The lowest BCUT2D eigenvalue weighted by atomic mass is 10.4. The van der Waals surface area contributed by atoms with Crippen molar-refractivity contribution >= 4 is 21.4 Å². The van der Waals surface area contributed by atoms with Crippen molar-refractivity contribution in [2.24, 2.45) is 0 Å². The minimum Gasteiger partial charge on any atom is -0.314 e. The van der Waals surface area contributed by atoms with Crippen LogP contribution in [0.1, 0.15) is 23.2 Å². The van der Waals surface area contributed by atoms with Crippen molar-refractivity contribution < 1.29 is 8.42 Å². The van der Waals surface area contributed by atoms with Gasteiger partial charge in [-0.3, -0.25) is 5.10 Å². The van der Waals surface area contributed by atoms with Gasteiger partial charge in [-0.2, -0.15) is 9.40 Å². The molecule has 0 aliphatic carbocycles. The van der Waals surface area contributed by atoms with Gasteiger partial charge in [-0.05, 0) is 25.4 Å². The Morgan fingerprint density at radius 2 is 2.24 bits per heavy atom. The molecule has 0 bridgehead atoms. The number of sulfonamides is 1. The van der Waals surface area contributed by atoms with Crippen LogP contribution in [0.5, 0.6) is 0 Å². The Morgan fingerprint density at radius 3 is 2.81 bits per heavy atom. The Bertz CT molecular complexity index is 677. The van der Waals surface area contributed by atoms with Gasteiger partial charge in [0.05, 0.1) is 11.4 Å². The zero-order valence-electron chi connectivity index (χ0n) is 12.4. The van der Waals surface area contributed by atoms with Gasteiger partial charge in [-0.1, -0.05) is 13.0 Å². The normalized spacial score (nSPS) is 12.2. The molecule has 6 nitrogen and oxygen atoms in total. The second kappa shape index (κ2) is 6.69. The van der Waals surface area contributed by atoms with Crippen LogP contribution in [0, 0.1) is 6.92 Å². The van der Waals surface area contributed by atoms with Crippen LogP contribution in [-0.4, -0.2) is 36.5 Å². The van der Waals surface area contributed by atoms with E-state index in [1.165, 1.54) is 4.31 Å². The Morgan fingerprint density at radius 1 is 1.48 bits per heavy atom. The fourth-order valence-corrected chi connectivity index (χ4v) is 4.73. The van der Waals surface area contributed by atoms with Crippen LogP contribution in [0.3, 0.4) is 0 Å². The molecule has 0 amide bonds. The number of nitrogens with one attached hydrogen (secondary N) is 2. The van der Waals surface area contributed by atoms with E-state index in [2.05, 4.69) is 15.5 Å². The quantitative estimate of drug-likeness (QED) is 0.811. The first-order valence-electron chi connectivity index (χ1n) is 6.71. The minimum absolute atomic E-state index is 0.287. The summed E-state index contributed by atoms with van der Waals surface area (Å²) < 4.78 is 27.3. The third-order valence-electron chi connectivity index (χ3n) is 3.17. The summed E-state index contributed by atoms with van der Waals surface area (Å²) in [6, 6.07) is 3.87. The predicted molar refractivity (Wildman–Crippen MR) is 83.7 cm³/mol. The molecule has 0 atom stereocenters. The van der Waals surface area contributed by atoms with Gasteiger partial charge in [-0.25, -0.2) is 8.42 Å². The van der Waals surface area contributed by atoms with Crippen molar-refractivity contribution in [1.82, 2.24) is 19.8 Å². The van der Waals surface area contributed by atoms with Crippen molar-refractivity contribution in [3.8, 4) is 0 Å². The lowest BCUT2D eigenvalue weighted by molar-refractivity contribution is 0.425. The summed E-state index contributed by atoms with van der Waals surface area (Å²) in [4.78, 5) is 1.31. The van der Waals surface area contributed by atoms with E-state index in [0.717, 1.165) is 4.88 Å². The highest BCUT2D eigenvalue weighted by Crippen LogP contribution is 2.24. The summed E-state index contributed by atoms with van der Waals surface area (Å²) in [5.74, 6) is 0. The molecule has 0 fully saturated rings. The highest BCUT2D eigenvalue weighted by molar-refractivity contribution is 7.89. The number of nitrogens with zero attached hydrogens (tertiary/aromatic N) is 2. The van der Waals surface area contributed by atoms with Gasteiger partial charge >= 0.3 is 0 Å². The molecule has 2 aromatic heterocycles. The number of H-pyrrole nitrogens is 1. The second-order valence-corrected chi connectivity index (χ2v) is 7.57. The van der Waals surface area contributed by atoms with Crippen LogP contribution in [0.15, 0.2) is 22.4 Å². The van der Waals surface area contributed by atoms with Gasteiger partial charge in [0.2, 0.25) is 10.0 Å². The molecule has 0 spiro atoms. The zero-order valence-corrected chi connectivity index (χ0v) is 14.0. The van der Waals surface area contributed by atoms with Crippen LogP contribution in [-0.2, 0) is 23.1 Å². The minimum atomic E-state index is -3.56. The highest BCUT2D eigenvalue weighted by atomic mass is 32.2. The third-order valence-corrected chi connectivity index (χ3v) is 6.15. The van der Waals surface area contributed by atoms with Gasteiger partial charge in [0.15, 0.2) is 0 Å². The number of hydrogen-bond acceptors (Lipinski definition) is 5. The molecule has 8 heteroatoms. The van der Waals surface area contributed by atoms with E-state index in [0.29, 0.717) is 31.0 Å². The summed E-state index contributed by atoms with van der Waals surface area (Å²) in [5.41, 5.74) is 1.10. The van der Waals surface area contributed by atoms with Crippen molar-refractivity contribution in [2.45, 2.75) is 31.8 Å². The summed E-state index contributed by atoms with van der Waals surface area (Å²) in [5, 5.41) is 11.8. The Labute approximate surface area is 129 Å². The predicted octanol–water partition coefficient (Wildman–Crippen LogP) is 1.71. The second-order valence-electron chi connectivity index (χ2n) is 4.67. The van der Waals surface area contributed by atoms with Crippen molar-refractivity contribution in [3.63, 3.8) is 0 Å². The molecule has 116 valence electrons. The largest absolute Gasteiger partial charge is 0.314 e. The summed E-state index contributed by atoms with van der Waals surface area (Å²) in [6.07, 6.45) is 0. The lowest BCUT2D eigenvalue weighted by Crippen LogP contribution is -2.31. The molecule has 0 aliphatic rings. The van der Waals surface area contributed by atoms with Crippen molar-refractivity contribution in [2.75, 3.05) is 13.6 Å². The van der Waals surface area contributed by atoms with Crippen LogP contribution >= 0.6 is 11.3 Å². The standard InChI is InChI=1S/C13H20N4O2S2/c1-4-17(9-11-6-5-7-20-11)21(18,19)13-10(2)15-16-12(13)8-14-3/h5-7,14H,4,8-9H2,1-3H3,(H,15,16). The van der Waals surface area contributed by atoms with E-state index in [9.17, 15) is 8.42 Å². The molecule has 2 N–H and O–H groups in total. The maximum Gasteiger partial charge on any atom is 0.247 e. The third kappa shape index (κ3) is 3.34. The Balaban J connectivity index is 2.37. The molecule has 2 aromatic rings. The van der Waals surface area contributed by atoms with Gasteiger partial charge in [0.25, 0.3) is 0 Å². The van der Waals surface area contributed by atoms with E-state index in [1.807, 2.05) is 24.4 Å². The van der Waals surface area contributed by atoms with Crippen LogP contribution in [0.2, 0.25) is 0 Å². The van der Waals surface area contributed by atoms with Crippen LogP contribution < -0.4 is 5.32 Å². The summed E-state index contributed by atoms with van der Waals surface area (Å²) in [6.45, 7) is 4.80. The summed E-state index contributed by atoms with van der Waals surface area (Å²) >= 11 is 1.56. The topological polar surface area (TPSA) is 78.1 Å². The SMILES string of the molecule is CCN(Cc1cccs1)S(=O)(=O)c1c(CNC)n[nH]c1C. The monoisotopic (exact) mass is 328 g/mol. The number of aromatic nitrogens is 2. The molecule has 0 saturated carbocycles. The summed E-state index contributed by atoms with van der Waals surface area (Å²) in [7, 11) is -1.79. The maximum atomic E-state index is 12.9. The smallest absolute Gasteiger partial charge is 0.247 e.